The molecule has 1 aliphatic carbocycles. The maximum Gasteiger partial charge on any atom is 0.233 e. The summed E-state index contributed by atoms with van der Waals surface area (Å²) in [5.41, 5.74) is 2.51. The Labute approximate surface area is 118 Å². The molecule has 0 spiro atoms. The molecule has 0 aromatic heterocycles. The van der Waals surface area contributed by atoms with Gasteiger partial charge in [0.15, 0.2) is 0 Å². The fourth-order valence-electron chi connectivity index (χ4n) is 2.63. The molecule has 5 nitrogen and oxygen atoms in total. The topological polar surface area (TPSA) is 70.2 Å². The zero-order valence-electron chi connectivity index (χ0n) is 11.5. The van der Waals surface area contributed by atoms with Gasteiger partial charge in [0.05, 0.1) is 11.4 Å². The van der Waals surface area contributed by atoms with Gasteiger partial charge in [-0.1, -0.05) is 18.9 Å². The molecule has 20 heavy (non-hydrogen) atoms. The molecule has 1 heterocycles. The molecule has 3 rings (SSSR count). The average Bonchev–Trinajstić information content (AvgIpc) is 3.21. The fourth-order valence-corrected chi connectivity index (χ4v) is 2.63. The summed E-state index contributed by atoms with van der Waals surface area (Å²) in [6.07, 6.45) is 3.63. The lowest BCUT2D eigenvalue weighted by Crippen LogP contribution is -2.17. The van der Waals surface area contributed by atoms with Crippen molar-refractivity contribution in [1.82, 2.24) is 5.32 Å². The standard InChI is InChI=1S/C15H19N3O2/c1-16-12(6-9-2-3-9)10-4-5-11-13(7-10)18-15(20)8-14(19)17-11/h4-5,7,9,12,16H,2-3,6,8H2,1H3,(H,17,19)(H,18,20). The maximum atomic E-state index is 11.6. The molecular weight excluding hydrogens is 254 g/mol. The summed E-state index contributed by atoms with van der Waals surface area (Å²) in [4.78, 5) is 23.1. The second-order valence-electron chi connectivity index (χ2n) is 5.60. The Bertz CT molecular complexity index is 552. The maximum absolute atomic E-state index is 11.6. The minimum Gasteiger partial charge on any atom is -0.324 e. The lowest BCUT2D eigenvalue weighted by Gasteiger charge is -2.18. The largest absolute Gasteiger partial charge is 0.324 e. The number of carbonyl (C=O) groups is 2. The van der Waals surface area contributed by atoms with Crippen molar-refractivity contribution in [1.29, 1.82) is 0 Å². The smallest absolute Gasteiger partial charge is 0.233 e. The van der Waals surface area contributed by atoms with Gasteiger partial charge in [0.1, 0.15) is 6.42 Å². The van der Waals surface area contributed by atoms with Crippen molar-refractivity contribution < 1.29 is 9.59 Å². The lowest BCUT2D eigenvalue weighted by molar-refractivity contribution is -0.123. The van der Waals surface area contributed by atoms with Crippen LogP contribution in [0.25, 0.3) is 0 Å². The molecule has 5 heteroatoms. The Morgan fingerprint density at radius 1 is 1.20 bits per heavy atom. The van der Waals surface area contributed by atoms with E-state index in [0.29, 0.717) is 17.4 Å². The number of anilines is 2. The van der Waals surface area contributed by atoms with Gasteiger partial charge in [0.2, 0.25) is 11.8 Å². The van der Waals surface area contributed by atoms with E-state index in [-0.39, 0.29) is 18.2 Å². The first-order chi connectivity index (χ1) is 9.65. The minimum atomic E-state index is -0.267. The first-order valence-corrected chi connectivity index (χ1v) is 7.06. The van der Waals surface area contributed by atoms with Crippen LogP contribution >= 0.6 is 0 Å². The molecule has 1 aliphatic heterocycles. The molecule has 1 atom stereocenters. The van der Waals surface area contributed by atoms with Gasteiger partial charge >= 0.3 is 0 Å². The highest BCUT2D eigenvalue weighted by Crippen LogP contribution is 2.38. The van der Waals surface area contributed by atoms with Crippen molar-refractivity contribution in [3.63, 3.8) is 0 Å². The van der Waals surface area contributed by atoms with Crippen LogP contribution in [0.5, 0.6) is 0 Å². The van der Waals surface area contributed by atoms with E-state index in [9.17, 15) is 9.59 Å². The number of hydrogen-bond acceptors (Lipinski definition) is 3. The van der Waals surface area contributed by atoms with E-state index in [0.717, 1.165) is 17.9 Å². The second-order valence-corrected chi connectivity index (χ2v) is 5.60. The molecule has 0 bridgehead atoms. The highest BCUT2D eigenvalue weighted by atomic mass is 16.2. The number of hydrogen-bond donors (Lipinski definition) is 3. The van der Waals surface area contributed by atoms with Gasteiger partial charge in [0.25, 0.3) is 0 Å². The molecule has 1 unspecified atom stereocenters. The van der Waals surface area contributed by atoms with Crippen LogP contribution in [0.4, 0.5) is 11.4 Å². The van der Waals surface area contributed by atoms with Crippen LogP contribution in [0.15, 0.2) is 18.2 Å². The monoisotopic (exact) mass is 273 g/mol. The summed E-state index contributed by atoms with van der Waals surface area (Å²) in [6, 6.07) is 6.14. The summed E-state index contributed by atoms with van der Waals surface area (Å²) >= 11 is 0. The van der Waals surface area contributed by atoms with Gasteiger partial charge in [-0.15, -0.1) is 0 Å². The second kappa shape index (κ2) is 5.25. The van der Waals surface area contributed by atoms with E-state index in [1.807, 2.05) is 25.2 Å². The van der Waals surface area contributed by atoms with Gasteiger partial charge in [-0.2, -0.15) is 0 Å². The number of amides is 2. The van der Waals surface area contributed by atoms with Crippen LogP contribution in [0.3, 0.4) is 0 Å². The molecule has 3 N–H and O–H groups in total. The molecule has 1 saturated carbocycles. The normalized spacial score (nSPS) is 19.6. The van der Waals surface area contributed by atoms with E-state index in [2.05, 4.69) is 16.0 Å². The first kappa shape index (κ1) is 13.1. The minimum absolute atomic E-state index is 0.123. The fraction of sp³-hybridized carbons (Fsp3) is 0.467. The Balaban J connectivity index is 1.86. The summed E-state index contributed by atoms with van der Waals surface area (Å²) in [7, 11) is 1.96. The quantitative estimate of drug-likeness (QED) is 0.735. The third-order valence-corrected chi connectivity index (χ3v) is 3.93. The number of nitrogens with one attached hydrogen (secondary N) is 3. The Morgan fingerprint density at radius 2 is 1.90 bits per heavy atom. The van der Waals surface area contributed by atoms with E-state index >= 15 is 0 Å². The number of rotatable bonds is 4. The van der Waals surface area contributed by atoms with E-state index in [1.54, 1.807) is 0 Å². The zero-order valence-corrected chi connectivity index (χ0v) is 11.5. The predicted octanol–water partition coefficient (Wildman–Crippen LogP) is 2.03. The molecular formula is C15H19N3O2. The lowest BCUT2D eigenvalue weighted by atomic mass is 10.00. The highest BCUT2D eigenvalue weighted by molar-refractivity contribution is 6.13. The Kier molecular flexibility index (Phi) is 3.44. The van der Waals surface area contributed by atoms with Gasteiger partial charge in [-0.25, -0.2) is 0 Å². The van der Waals surface area contributed by atoms with Crippen molar-refractivity contribution in [2.24, 2.45) is 5.92 Å². The third-order valence-electron chi connectivity index (χ3n) is 3.93. The van der Waals surface area contributed by atoms with Crippen molar-refractivity contribution >= 4 is 23.2 Å². The summed E-state index contributed by atoms with van der Waals surface area (Å²) in [5, 5.41) is 8.87. The summed E-state index contributed by atoms with van der Waals surface area (Å²) in [5.74, 6) is 0.291. The molecule has 0 radical (unpaired) electrons. The van der Waals surface area contributed by atoms with Crippen LogP contribution in [-0.4, -0.2) is 18.9 Å². The molecule has 1 aromatic rings. The van der Waals surface area contributed by atoms with E-state index < -0.39 is 0 Å². The molecule has 106 valence electrons. The van der Waals surface area contributed by atoms with Crippen LogP contribution in [0, 0.1) is 5.92 Å². The predicted molar refractivity (Wildman–Crippen MR) is 77.5 cm³/mol. The van der Waals surface area contributed by atoms with Crippen LogP contribution in [0.2, 0.25) is 0 Å². The molecule has 2 aliphatic rings. The molecule has 1 aromatic carbocycles. The van der Waals surface area contributed by atoms with Crippen LogP contribution in [0.1, 0.15) is 37.3 Å². The molecule has 1 fully saturated rings. The molecule has 0 saturated heterocycles. The summed E-state index contributed by atoms with van der Waals surface area (Å²) < 4.78 is 0. The average molecular weight is 273 g/mol. The first-order valence-electron chi connectivity index (χ1n) is 7.06. The Hall–Kier alpha value is -1.88. The van der Waals surface area contributed by atoms with Gasteiger partial charge < -0.3 is 16.0 Å². The van der Waals surface area contributed by atoms with Gasteiger partial charge in [0, 0.05) is 6.04 Å². The SMILES string of the molecule is CNC(CC1CC1)c1ccc2c(c1)NC(=O)CC(=O)N2. The van der Waals surface area contributed by atoms with E-state index in [1.165, 1.54) is 12.8 Å². The van der Waals surface area contributed by atoms with Crippen molar-refractivity contribution in [2.45, 2.75) is 31.7 Å². The van der Waals surface area contributed by atoms with Crippen molar-refractivity contribution in [3.05, 3.63) is 23.8 Å². The van der Waals surface area contributed by atoms with Crippen LogP contribution in [-0.2, 0) is 9.59 Å². The van der Waals surface area contributed by atoms with Crippen molar-refractivity contribution in [3.8, 4) is 0 Å². The number of carbonyl (C=O) groups excluding carboxylic acids is 2. The molecule has 2 amide bonds. The highest BCUT2D eigenvalue weighted by Gasteiger charge is 2.26. The number of benzene rings is 1. The number of fused-ring (bicyclic) bond motifs is 1. The third kappa shape index (κ3) is 2.82. The van der Waals surface area contributed by atoms with E-state index in [4.69, 9.17) is 0 Å². The van der Waals surface area contributed by atoms with Gasteiger partial charge in [-0.3, -0.25) is 9.59 Å². The van der Waals surface area contributed by atoms with Crippen molar-refractivity contribution in [2.75, 3.05) is 17.7 Å². The zero-order chi connectivity index (χ0) is 14.1. The summed E-state index contributed by atoms with van der Waals surface area (Å²) in [6.45, 7) is 0. The van der Waals surface area contributed by atoms with Gasteiger partial charge in [-0.05, 0) is 37.1 Å². The Morgan fingerprint density at radius 3 is 2.55 bits per heavy atom. The van der Waals surface area contributed by atoms with Crippen LogP contribution < -0.4 is 16.0 Å².